The molecule has 0 saturated heterocycles. The Labute approximate surface area is 117 Å². The van der Waals surface area contributed by atoms with Crippen molar-refractivity contribution in [1.29, 1.82) is 0 Å². The maximum Gasteiger partial charge on any atom is 0.157 e. The Kier molecular flexibility index (Phi) is 5.35. The number of rotatable bonds is 6. The summed E-state index contributed by atoms with van der Waals surface area (Å²) in [6.07, 6.45) is 1.61. The molecule has 0 aliphatic heterocycles. The van der Waals surface area contributed by atoms with Gasteiger partial charge in [0.25, 0.3) is 0 Å². The second kappa shape index (κ2) is 6.34. The molecule has 0 bridgehead atoms. The van der Waals surface area contributed by atoms with Gasteiger partial charge in [0.05, 0.1) is 12.6 Å². The minimum absolute atomic E-state index is 0.0592. The van der Waals surface area contributed by atoms with Crippen molar-refractivity contribution >= 4 is 21.7 Å². The summed E-state index contributed by atoms with van der Waals surface area (Å²) in [5, 5.41) is 0. The highest BCUT2D eigenvalue weighted by molar-refractivity contribution is 9.10. The van der Waals surface area contributed by atoms with Crippen molar-refractivity contribution in [3.8, 4) is 5.75 Å². The largest absolute Gasteiger partial charge is 0.496 e. The minimum Gasteiger partial charge on any atom is -0.496 e. The standard InChI is InChI=1S/C14H20BrNO2/c1-4-14(16,5-2)13(17)9-10-8-11(15)6-7-12(10)18-3/h6-8H,4-5,9,16H2,1-3H3. The third-order valence-corrected chi connectivity index (χ3v) is 3.90. The van der Waals surface area contributed by atoms with Crippen molar-refractivity contribution in [1.82, 2.24) is 0 Å². The highest BCUT2D eigenvalue weighted by atomic mass is 79.9. The number of halogens is 1. The van der Waals surface area contributed by atoms with Crippen molar-refractivity contribution in [2.75, 3.05) is 7.11 Å². The highest BCUT2D eigenvalue weighted by Crippen LogP contribution is 2.25. The summed E-state index contributed by atoms with van der Waals surface area (Å²) in [5.41, 5.74) is 6.26. The molecule has 0 fully saturated rings. The lowest BCUT2D eigenvalue weighted by atomic mass is 9.86. The molecule has 18 heavy (non-hydrogen) atoms. The quantitative estimate of drug-likeness (QED) is 0.878. The van der Waals surface area contributed by atoms with Crippen LogP contribution in [0.15, 0.2) is 22.7 Å². The summed E-state index contributed by atoms with van der Waals surface area (Å²) in [6.45, 7) is 3.89. The Hall–Kier alpha value is -0.870. The molecule has 0 aliphatic carbocycles. The molecule has 0 saturated carbocycles. The first-order valence-electron chi connectivity index (χ1n) is 6.11. The average molecular weight is 314 g/mol. The molecule has 0 spiro atoms. The van der Waals surface area contributed by atoms with E-state index in [9.17, 15) is 4.79 Å². The van der Waals surface area contributed by atoms with Gasteiger partial charge in [-0.3, -0.25) is 4.79 Å². The summed E-state index contributed by atoms with van der Waals surface area (Å²) < 4.78 is 6.20. The molecular weight excluding hydrogens is 294 g/mol. The van der Waals surface area contributed by atoms with Crippen LogP contribution in [0.3, 0.4) is 0 Å². The van der Waals surface area contributed by atoms with Gasteiger partial charge in [-0.05, 0) is 31.0 Å². The van der Waals surface area contributed by atoms with Crippen molar-refractivity contribution in [2.45, 2.75) is 38.6 Å². The van der Waals surface area contributed by atoms with Crippen LogP contribution in [0.4, 0.5) is 0 Å². The van der Waals surface area contributed by atoms with Crippen LogP contribution in [-0.2, 0) is 11.2 Å². The molecule has 1 rings (SSSR count). The van der Waals surface area contributed by atoms with Gasteiger partial charge in [-0.25, -0.2) is 0 Å². The van der Waals surface area contributed by atoms with Crippen LogP contribution >= 0.6 is 15.9 Å². The van der Waals surface area contributed by atoms with E-state index in [0.717, 1.165) is 15.8 Å². The first-order chi connectivity index (χ1) is 8.46. The molecule has 1 aromatic rings. The molecule has 0 amide bonds. The number of methoxy groups -OCH3 is 1. The van der Waals surface area contributed by atoms with Crippen LogP contribution in [0.25, 0.3) is 0 Å². The maximum atomic E-state index is 12.3. The number of carbonyl (C=O) groups is 1. The fourth-order valence-electron chi connectivity index (χ4n) is 1.88. The SMILES string of the molecule is CCC(N)(CC)C(=O)Cc1cc(Br)ccc1OC. The second-order valence-electron chi connectivity index (χ2n) is 4.42. The lowest BCUT2D eigenvalue weighted by Gasteiger charge is -2.25. The molecule has 4 heteroatoms. The van der Waals surface area contributed by atoms with Crippen molar-refractivity contribution < 1.29 is 9.53 Å². The lowest BCUT2D eigenvalue weighted by molar-refractivity contribution is -0.123. The van der Waals surface area contributed by atoms with Crippen LogP contribution in [0.2, 0.25) is 0 Å². The Bertz CT molecular complexity index is 428. The van der Waals surface area contributed by atoms with Gasteiger partial charge in [-0.1, -0.05) is 29.8 Å². The van der Waals surface area contributed by atoms with Crippen molar-refractivity contribution in [2.24, 2.45) is 5.73 Å². The monoisotopic (exact) mass is 313 g/mol. The molecule has 0 heterocycles. The third kappa shape index (κ3) is 3.33. The fourth-order valence-corrected chi connectivity index (χ4v) is 2.29. The Balaban J connectivity index is 2.97. The molecular formula is C14H20BrNO2. The molecule has 0 aromatic heterocycles. The minimum atomic E-state index is -0.729. The van der Waals surface area contributed by atoms with Gasteiger partial charge in [-0.15, -0.1) is 0 Å². The number of ketones is 1. The van der Waals surface area contributed by atoms with E-state index in [4.69, 9.17) is 10.5 Å². The van der Waals surface area contributed by atoms with Gasteiger partial charge in [0.2, 0.25) is 0 Å². The molecule has 3 nitrogen and oxygen atoms in total. The third-order valence-electron chi connectivity index (χ3n) is 3.41. The Morgan fingerprint density at radius 3 is 2.50 bits per heavy atom. The molecule has 0 atom stereocenters. The molecule has 2 N–H and O–H groups in total. The van der Waals surface area contributed by atoms with Gasteiger partial charge in [0, 0.05) is 16.5 Å². The van der Waals surface area contributed by atoms with E-state index in [1.165, 1.54) is 0 Å². The lowest BCUT2D eigenvalue weighted by Crippen LogP contribution is -2.47. The average Bonchev–Trinajstić information content (AvgIpc) is 2.38. The van der Waals surface area contributed by atoms with Crippen LogP contribution < -0.4 is 10.5 Å². The molecule has 0 aliphatic rings. The van der Waals surface area contributed by atoms with Crippen LogP contribution in [-0.4, -0.2) is 18.4 Å². The van der Waals surface area contributed by atoms with E-state index < -0.39 is 5.54 Å². The number of hydrogen-bond donors (Lipinski definition) is 1. The van der Waals surface area contributed by atoms with Gasteiger partial charge in [0.15, 0.2) is 5.78 Å². The normalized spacial score (nSPS) is 11.4. The molecule has 0 unspecified atom stereocenters. The van der Waals surface area contributed by atoms with Crippen molar-refractivity contribution in [3.05, 3.63) is 28.2 Å². The smallest absolute Gasteiger partial charge is 0.157 e. The first kappa shape index (κ1) is 15.2. The predicted molar refractivity (Wildman–Crippen MR) is 76.9 cm³/mol. The van der Waals surface area contributed by atoms with Crippen LogP contribution in [0.1, 0.15) is 32.3 Å². The first-order valence-corrected chi connectivity index (χ1v) is 6.90. The summed E-state index contributed by atoms with van der Waals surface area (Å²) in [7, 11) is 1.60. The van der Waals surface area contributed by atoms with E-state index in [0.29, 0.717) is 19.3 Å². The summed E-state index contributed by atoms with van der Waals surface area (Å²) in [6, 6.07) is 5.65. The maximum absolute atomic E-state index is 12.3. The summed E-state index contributed by atoms with van der Waals surface area (Å²) in [5.74, 6) is 0.782. The number of ether oxygens (including phenoxy) is 1. The predicted octanol–water partition coefficient (Wildman–Crippen LogP) is 3.09. The van der Waals surface area contributed by atoms with Crippen LogP contribution in [0.5, 0.6) is 5.75 Å². The van der Waals surface area contributed by atoms with Gasteiger partial charge < -0.3 is 10.5 Å². The molecule has 1 aromatic carbocycles. The zero-order valence-corrected chi connectivity index (χ0v) is 12.7. The highest BCUT2D eigenvalue weighted by Gasteiger charge is 2.30. The van der Waals surface area contributed by atoms with E-state index in [2.05, 4.69) is 15.9 Å². The second-order valence-corrected chi connectivity index (χ2v) is 5.34. The van der Waals surface area contributed by atoms with E-state index >= 15 is 0 Å². The number of nitrogens with two attached hydrogens (primary N) is 1. The summed E-state index contributed by atoms with van der Waals surface area (Å²) >= 11 is 3.40. The zero-order chi connectivity index (χ0) is 13.8. The number of hydrogen-bond acceptors (Lipinski definition) is 3. The van der Waals surface area contributed by atoms with E-state index in [1.807, 2.05) is 32.0 Å². The Morgan fingerprint density at radius 1 is 1.39 bits per heavy atom. The van der Waals surface area contributed by atoms with Crippen molar-refractivity contribution in [3.63, 3.8) is 0 Å². The number of Topliss-reactive ketones (excluding diaryl/α,β-unsaturated/α-hetero) is 1. The topological polar surface area (TPSA) is 52.3 Å². The number of carbonyl (C=O) groups excluding carboxylic acids is 1. The van der Waals surface area contributed by atoms with Crippen LogP contribution in [0, 0.1) is 0 Å². The Morgan fingerprint density at radius 2 is 2.00 bits per heavy atom. The summed E-state index contributed by atoms with van der Waals surface area (Å²) in [4.78, 5) is 12.3. The van der Waals surface area contributed by atoms with E-state index in [1.54, 1.807) is 7.11 Å². The number of benzene rings is 1. The van der Waals surface area contributed by atoms with Gasteiger partial charge in [-0.2, -0.15) is 0 Å². The fraction of sp³-hybridized carbons (Fsp3) is 0.500. The zero-order valence-electron chi connectivity index (χ0n) is 11.1. The van der Waals surface area contributed by atoms with Gasteiger partial charge >= 0.3 is 0 Å². The molecule has 100 valence electrons. The van der Waals surface area contributed by atoms with Gasteiger partial charge in [0.1, 0.15) is 5.75 Å². The van der Waals surface area contributed by atoms with E-state index in [-0.39, 0.29) is 5.78 Å². The molecule has 0 radical (unpaired) electrons.